The maximum Gasteiger partial charge on any atom is 0.258 e. The van der Waals surface area contributed by atoms with Crippen LogP contribution in [0.15, 0.2) is 54.6 Å². The monoisotopic (exact) mass is 491 g/mol. The van der Waals surface area contributed by atoms with Crippen LogP contribution in [0, 0.1) is 0 Å². The van der Waals surface area contributed by atoms with Crippen LogP contribution in [-0.4, -0.2) is 59.7 Å². The molecule has 0 aliphatic heterocycles. The first-order valence-electron chi connectivity index (χ1n) is 11.6. The van der Waals surface area contributed by atoms with Crippen molar-refractivity contribution in [3.05, 3.63) is 60.2 Å². The molecule has 1 N–H and O–H groups in total. The van der Waals surface area contributed by atoms with Gasteiger partial charge < -0.3 is 24.3 Å². The van der Waals surface area contributed by atoms with Crippen LogP contribution >= 0.6 is 0 Å². The number of hydrogen-bond acceptors (Lipinski definition) is 8. The van der Waals surface area contributed by atoms with Crippen molar-refractivity contribution in [2.24, 2.45) is 0 Å². The van der Waals surface area contributed by atoms with Gasteiger partial charge in [0.1, 0.15) is 23.9 Å². The topological polar surface area (TPSA) is 109 Å². The van der Waals surface area contributed by atoms with Crippen LogP contribution in [-0.2, 0) is 4.79 Å². The van der Waals surface area contributed by atoms with E-state index in [1.54, 1.807) is 49.1 Å². The zero-order chi connectivity index (χ0) is 25.5. The van der Waals surface area contributed by atoms with E-state index in [4.69, 9.17) is 18.9 Å². The van der Waals surface area contributed by atoms with Crippen molar-refractivity contribution in [3.63, 3.8) is 0 Å². The standard InChI is InChI=1S/C26H29N5O5/c1-17(2)18-5-7-19(8-6-18)36-16-24(32)27-13-14-35-25-12-11-23-28-29-26(31(23)30-25)21-15-20(33-3)9-10-22(21)34-4/h5-12,15,17H,13-14,16H2,1-4H3,(H,27,32). The molecule has 1 amide bonds. The first-order valence-corrected chi connectivity index (χ1v) is 11.6. The summed E-state index contributed by atoms with van der Waals surface area (Å²) in [6, 6.07) is 16.6. The van der Waals surface area contributed by atoms with Gasteiger partial charge in [-0.25, -0.2) is 0 Å². The normalized spacial score (nSPS) is 10.9. The third kappa shape index (κ3) is 5.83. The molecule has 2 aromatic carbocycles. The molecule has 10 heteroatoms. The lowest BCUT2D eigenvalue weighted by atomic mass is 10.0. The summed E-state index contributed by atoms with van der Waals surface area (Å²) < 4.78 is 23.6. The maximum absolute atomic E-state index is 12.1. The lowest BCUT2D eigenvalue weighted by Crippen LogP contribution is -2.32. The molecule has 2 heterocycles. The number of ether oxygens (including phenoxy) is 4. The summed E-state index contributed by atoms with van der Waals surface area (Å²) in [6.45, 7) is 4.71. The van der Waals surface area contributed by atoms with E-state index in [-0.39, 0.29) is 19.1 Å². The Morgan fingerprint density at radius 1 is 0.944 bits per heavy atom. The smallest absolute Gasteiger partial charge is 0.258 e. The fourth-order valence-corrected chi connectivity index (χ4v) is 3.50. The molecular formula is C26H29N5O5. The Morgan fingerprint density at radius 3 is 2.44 bits per heavy atom. The van der Waals surface area contributed by atoms with Crippen molar-refractivity contribution in [2.45, 2.75) is 19.8 Å². The Kier molecular flexibility index (Phi) is 7.84. The van der Waals surface area contributed by atoms with Crippen molar-refractivity contribution in [2.75, 3.05) is 34.0 Å². The number of carbonyl (C=O) groups excluding carboxylic acids is 1. The van der Waals surface area contributed by atoms with Crippen molar-refractivity contribution in [1.82, 2.24) is 25.1 Å². The molecule has 10 nitrogen and oxygen atoms in total. The van der Waals surface area contributed by atoms with Crippen molar-refractivity contribution >= 4 is 11.6 Å². The summed E-state index contributed by atoms with van der Waals surface area (Å²) in [5.74, 6) is 2.97. The summed E-state index contributed by atoms with van der Waals surface area (Å²) in [7, 11) is 3.17. The van der Waals surface area contributed by atoms with Crippen molar-refractivity contribution in [3.8, 4) is 34.5 Å². The van der Waals surface area contributed by atoms with Gasteiger partial charge in [0.15, 0.2) is 18.1 Å². The summed E-state index contributed by atoms with van der Waals surface area (Å²) in [5, 5.41) is 15.7. The second-order valence-corrected chi connectivity index (χ2v) is 8.24. The van der Waals surface area contributed by atoms with Crippen LogP contribution in [0.25, 0.3) is 17.0 Å². The molecule has 4 rings (SSSR count). The van der Waals surface area contributed by atoms with Gasteiger partial charge in [-0.1, -0.05) is 26.0 Å². The predicted molar refractivity (Wildman–Crippen MR) is 134 cm³/mol. The Morgan fingerprint density at radius 2 is 1.72 bits per heavy atom. The summed E-state index contributed by atoms with van der Waals surface area (Å²) in [4.78, 5) is 12.1. The molecule has 0 bridgehead atoms. The highest BCUT2D eigenvalue weighted by atomic mass is 16.5. The Labute approximate surface area is 209 Å². The Balaban J connectivity index is 1.32. The van der Waals surface area contributed by atoms with E-state index in [1.807, 2.05) is 24.3 Å². The Bertz CT molecular complexity index is 1320. The van der Waals surface area contributed by atoms with Crippen molar-refractivity contribution < 1.29 is 23.7 Å². The van der Waals surface area contributed by atoms with Crippen LogP contribution in [0.3, 0.4) is 0 Å². The van der Waals surface area contributed by atoms with Crippen LogP contribution < -0.4 is 24.3 Å². The molecule has 2 aromatic heterocycles. The summed E-state index contributed by atoms with van der Waals surface area (Å²) in [5.41, 5.74) is 2.45. The van der Waals surface area contributed by atoms with Gasteiger partial charge >= 0.3 is 0 Å². The minimum absolute atomic E-state index is 0.0718. The average Bonchev–Trinajstić information content (AvgIpc) is 3.33. The minimum Gasteiger partial charge on any atom is -0.497 e. The molecule has 0 fully saturated rings. The minimum atomic E-state index is -0.235. The molecule has 0 saturated heterocycles. The van der Waals surface area contributed by atoms with Crippen LogP contribution in [0.2, 0.25) is 0 Å². The number of hydrogen-bond donors (Lipinski definition) is 1. The number of rotatable bonds is 11. The van der Waals surface area contributed by atoms with Crippen LogP contribution in [0.1, 0.15) is 25.3 Å². The SMILES string of the molecule is COc1ccc(OC)c(-c2nnc3ccc(OCCNC(=O)COc4ccc(C(C)C)cc4)nn23)c1. The number of amides is 1. The highest BCUT2D eigenvalue weighted by Gasteiger charge is 2.16. The molecule has 0 spiro atoms. The fourth-order valence-electron chi connectivity index (χ4n) is 3.50. The third-order valence-electron chi connectivity index (χ3n) is 5.48. The second-order valence-electron chi connectivity index (χ2n) is 8.24. The molecule has 4 aromatic rings. The lowest BCUT2D eigenvalue weighted by Gasteiger charge is -2.10. The van der Waals surface area contributed by atoms with Gasteiger partial charge in [0.2, 0.25) is 5.88 Å². The van der Waals surface area contributed by atoms with E-state index in [1.165, 1.54) is 5.56 Å². The van der Waals surface area contributed by atoms with E-state index < -0.39 is 0 Å². The number of benzene rings is 2. The van der Waals surface area contributed by atoms with Gasteiger partial charge in [0.25, 0.3) is 5.91 Å². The quantitative estimate of drug-likeness (QED) is 0.318. The number of methoxy groups -OCH3 is 2. The van der Waals surface area contributed by atoms with Crippen LogP contribution in [0.5, 0.6) is 23.1 Å². The van der Waals surface area contributed by atoms with E-state index in [2.05, 4.69) is 34.5 Å². The summed E-state index contributed by atoms with van der Waals surface area (Å²) in [6.07, 6.45) is 0. The molecule has 36 heavy (non-hydrogen) atoms. The zero-order valence-electron chi connectivity index (χ0n) is 20.7. The molecular weight excluding hydrogens is 462 g/mol. The molecule has 0 aliphatic rings. The van der Waals surface area contributed by atoms with Gasteiger partial charge in [-0.3, -0.25) is 4.79 Å². The number of nitrogens with one attached hydrogen (secondary N) is 1. The Hall–Kier alpha value is -4.34. The lowest BCUT2D eigenvalue weighted by molar-refractivity contribution is -0.123. The van der Waals surface area contributed by atoms with E-state index in [9.17, 15) is 4.79 Å². The highest BCUT2D eigenvalue weighted by Crippen LogP contribution is 2.32. The van der Waals surface area contributed by atoms with Gasteiger partial charge in [0, 0.05) is 6.07 Å². The number of nitrogens with zero attached hydrogens (tertiary/aromatic N) is 4. The largest absolute Gasteiger partial charge is 0.497 e. The first kappa shape index (κ1) is 24.8. The number of fused-ring (bicyclic) bond motifs is 1. The van der Waals surface area contributed by atoms with E-state index in [0.29, 0.717) is 52.6 Å². The van der Waals surface area contributed by atoms with E-state index >= 15 is 0 Å². The van der Waals surface area contributed by atoms with Crippen LogP contribution in [0.4, 0.5) is 0 Å². The predicted octanol–water partition coefficient (Wildman–Crippen LogP) is 3.51. The van der Waals surface area contributed by atoms with E-state index in [0.717, 1.165) is 0 Å². The molecule has 0 aliphatic carbocycles. The summed E-state index contributed by atoms with van der Waals surface area (Å²) >= 11 is 0. The second kappa shape index (κ2) is 11.4. The maximum atomic E-state index is 12.1. The average molecular weight is 492 g/mol. The molecule has 0 atom stereocenters. The number of carbonyl (C=O) groups is 1. The molecule has 0 saturated carbocycles. The van der Waals surface area contributed by atoms with Gasteiger partial charge in [-0.2, -0.15) is 4.52 Å². The zero-order valence-corrected chi connectivity index (χ0v) is 20.7. The number of aromatic nitrogens is 4. The third-order valence-corrected chi connectivity index (χ3v) is 5.48. The van der Waals surface area contributed by atoms with Gasteiger partial charge in [-0.15, -0.1) is 15.3 Å². The van der Waals surface area contributed by atoms with Crippen molar-refractivity contribution in [1.29, 1.82) is 0 Å². The molecule has 188 valence electrons. The first-order chi connectivity index (χ1) is 17.5. The highest BCUT2D eigenvalue weighted by molar-refractivity contribution is 5.77. The van der Waals surface area contributed by atoms with Gasteiger partial charge in [-0.05, 0) is 47.9 Å². The molecule has 0 radical (unpaired) electrons. The van der Waals surface area contributed by atoms with Gasteiger partial charge in [0.05, 0.1) is 26.3 Å². The molecule has 0 unspecified atom stereocenters. The fraction of sp³-hybridized carbons (Fsp3) is 0.308.